The molecule has 0 saturated carbocycles. The molecule has 0 bridgehead atoms. The van der Waals surface area contributed by atoms with E-state index in [2.05, 4.69) is 75.4 Å². The van der Waals surface area contributed by atoms with Crippen LogP contribution in [0.15, 0.2) is 40.9 Å². The molecule has 2 aromatic rings. The van der Waals surface area contributed by atoms with Crippen LogP contribution in [0.5, 0.6) is 0 Å². The first-order valence-electron chi connectivity index (χ1n) is 7.23. The Labute approximate surface area is 135 Å². The van der Waals surface area contributed by atoms with E-state index in [1.54, 1.807) is 0 Å². The molecule has 0 aliphatic carbocycles. The van der Waals surface area contributed by atoms with E-state index in [1.165, 1.54) is 11.3 Å². The molecule has 112 valence electrons. The minimum Gasteiger partial charge on any atom is -0.368 e. The normalized spacial score (nSPS) is 10.7. The van der Waals surface area contributed by atoms with Gasteiger partial charge in [-0.3, -0.25) is 4.98 Å². The van der Waals surface area contributed by atoms with Crippen molar-refractivity contribution in [3.63, 3.8) is 0 Å². The molecular weight excluding hydrogens is 326 g/mol. The summed E-state index contributed by atoms with van der Waals surface area (Å²) < 4.78 is 1.11. The molecule has 1 heterocycles. The third-order valence-electron chi connectivity index (χ3n) is 3.36. The Kier molecular flexibility index (Phi) is 5.76. The van der Waals surface area contributed by atoms with E-state index in [0.29, 0.717) is 0 Å². The molecule has 21 heavy (non-hydrogen) atoms. The number of nitrogens with zero attached hydrogens (tertiary/aromatic N) is 2. The van der Waals surface area contributed by atoms with Crippen molar-refractivity contribution in [3.8, 4) is 0 Å². The number of aromatic nitrogens is 1. The van der Waals surface area contributed by atoms with Gasteiger partial charge in [-0.05, 0) is 49.4 Å². The van der Waals surface area contributed by atoms with E-state index in [0.717, 1.165) is 35.5 Å². The predicted octanol–water partition coefficient (Wildman–Crippen LogP) is 3.90. The highest BCUT2D eigenvalue weighted by Crippen LogP contribution is 2.25. The van der Waals surface area contributed by atoms with Crippen molar-refractivity contribution >= 4 is 21.6 Å². The zero-order valence-corrected chi connectivity index (χ0v) is 14.4. The number of aryl methyl sites for hydroxylation is 1. The van der Waals surface area contributed by atoms with Gasteiger partial charge in [-0.2, -0.15) is 0 Å². The van der Waals surface area contributed by atoms with Crippen LogP contribution in [0, 0.1) is 6.92 Å². The van der Waals surface area contributed by atoms with Crippen LogP contribution in [0.2, 0.25) is 0 Å². The van der Waals surface area contributed by atoms with Gasteiger partial charge >= 0.3 is 0 Å². The quantitative estimate of drug-likeness (QED) is 0.858. The van der Waals surface area contributed by atoms with E-state index in [4.69, 9.17) is 0 Å². The lowest BCUT2D eigenvalue weighted by atomic mass is 10.1. The fourth-order valence-corrected chi connectivity index (χ4v) is 2.75. The van der Waals surface area contributed by atoms with E-state index >= 15 is 0 Å². The zero-order valence-electron chi connectivity index (χ0n) is 12.9. The third kappa shape index (κ3) is 4.55. The Bertz CT molecular complexity index is 598. The number of hydrogen-bond acceptors (Lipinski definition) is 3. The van der Waals surface area contributed by atoms with Crippen LogP contribution in [0.25, 0.3) is 0 Å². The summed E-state index contributed by atoms with van der Waals surface area (Å²) in [7, 11) is 2.11. The maximum Gasteiger partial charge on any atom is 0.0600 e. The van der Waals surface area contributed by atoms with Crippen molar-refractivity contribution in [1.82, 2.24) is 10.3 Å². The molecule has 0 amide bonds. The van der Waals surface area contributed by atoms with Crippen LogP contribution in [-0.4, -0.2) is 18.6 Å². The van der Waals surface area contributed by atoms with Crippen LogP contribution >= 0.6 is 15.9 Å². The van der Waals surface area contributed by atoms with Gasteiger partial charge in [0.15, 0.2) is 0 Å². The smallest absolute Gasteiger partial charge is 0.0600 e. The molecule has 0 fully saturated rings. The van der Waals surface area contributed by atoms with Crippen molar-refractivity contribution in [1.29, 1.82) is 0 Å². The van der Waals surface area contributed by atoms with Crippen molar-refractivity contribution in [2.24, 2.45) is 0 Å². The second-order valence-electron chi connectivity index (χ2n) is 5.18. The van der Waals surface area contributed by atoms with Gasteiger partial charge in [0, 0.05) is 29.4 Å². The molecule has 3 nitrogen and oxygen atoms in total. The number of halogens is 1. The second kappa shape index (κ2) is 7.57. The summed E-state index contributed by atoms with van der Waals surface area (Å²) >= 11 is 3.56. The first-order valence-corrected chi connectivity index (χ1v) is 8.02. The molecule has 0 atom stereocenters. The largest absolute Gasteiger partial charge is 0.368 e. The Morgan fingerprint density at radius 3 is 2.76 bits per heavy atom. The number of rotatable bonds is 6. The minimum absolute atomic E-state index is 0.808. The van der Waals surface area contributed by atoms with E-state index < -0.39 is 0 Å². The average molecular weight is 348 g/mol. The van der Waals surface area contributed by atoms with Gasteiger partial charge in [-0.25, -0.2) is 0 Å². The number of nitrogens with one attached hydrogen (secondary N) is 1. The van der Waals surface area contributed by atoms with Crippen molar-refractivity contribution < 1.29 is 0 Å². The molecule has 0 spiro atoms. The van der Waals surface area contributed by atoms with Gasteiger partial charge in [0.1, 0.15) is 0 Å². The number of benzene rings is 1. The molecule has 0 aliphatic rings. The maximum absolute atomic E-state index is 4.58. The highest BCUT2D eigenvalue weighted by atomic mass is 79.9. The van der Waals surface area contributed by atoms with E-state index in [1.807, 2.05) is 13.0 Å². The molecule has 0 saturated heterocycles. The third-order valence-corrected chi connectivity index (χ3v) is 3.86. The Morgan fingerprint density at radius 1 is 1.24 bits per heavy atom. The fraction of sp³-hybridized carbons (Fsp3) is 0.353. The first-order chi connectivity index (χ1) is 10.1. The zero-order chi connectivity index (χ0) is 15.2. The summed E-state index contributed by atoms with van der Waals surface area (Å²) in [5.74, 6) is 0. The Morgan fingerprint density at radius 2 is 2.05 bits per heavy atom. The predicted molar refractivity (Wildman–Crippen MR) is 92.6 cm³/mol. The Balaban J connectivity index is 2.19. The summed E-state index contributed by atoms with van der Waals surface area (Å²) in [4.78, 5) is 6.83. The topological polar surface area (TPSA) is 28.2 Å². The van der Waals surface area contributed by atoms with Crippen molar-refractivity contribution in [2.45, 2.75) is 26.9 Å². The van der Waals surface area contributed by atoms with Gasteiger partial charge in [-0.15, -0.1) is 0 Å². The number of pyridine rings is 1. The van der Waals surface area contributed by atoms with Crippen LogP contribution < -0.4 is 10.2 Å². The molecular formula is C17H22BrN3. The van der Waals surface area contributed by atoms with Crippen LogP contribution in [0.1, 0.15) is 23.9 Å². The lowest BCUT2D eigenvalue weighted by Crippen LogP contribution is -2.21. The number of hydrogen-bond donors (Lipinski definition) is 1. The molecule has 1 aromatic heterocycles. The molecule has 0 radical (unpaired) electrons. The summed E-state index contributed by atoms with van der Waals surface area (Å²) in [6.45, 7) is 6.80. The van der Waals surface area contributed by atoms with Crippen LogP contribution in [0.3, 0.4) is 0 Å². The summed E-state index contributed by atoms with van der Waals surface area (Å²) in [6.07, 6.45) is 0. The lowest BCUT2D eigenvalue weighted by molar-refractivity contribution is 0.722. The molecule has 0 unspecified atom stereocenters. The Hall–Kier alpha value is -1.39. The highest BCUT2D eigenvalue weighted by molar-refractivity contribution is 9.10. The van der Waals surface area contributed by atoms with Gasteiger partial charge in [0.25, 0.3) is 0 Å². The summed E-state index contributed by atoms with van der Waals surface area (Å²) in [6, 6.07) is 12.6. The van der Waals surface area contributed by atoms with Crippen molar-refractivity contribution in [2.75, 3.05) is 18.5 Å². The fourth-order valence-electron chi connectivity index (χ4n) is 2.34. The van der Waals surface area contributed by atoms with Gasteiger partial charge in [0.2, 0.25) is 0 Å². The monoisotopic (exact) mass is 347 g/mol. The second-order valence-corrected chi connectivity index (χ2v) is 6.10. The summed E-state index contributed by atoms with van der Waals surface area (Å²) in [5, 5.41) is 3.40. The molecule has 1 aromatic carbocycles. The van der Waals surface area contributed by atoms with Gasteiger partial charge in [-0.1, -0.05) is 28.9 Å². The molecule has 2 rings (SSSR count). The summed E-state index contributed by atoms with van der Waals surface area (Å²) in [5.41, 5.74) is 4.68. The van der Waals surface area contributed by atoms with E-state index in [9.17, 15) is 0 Å². The molecule has 4 heteroatoms. The SMILES string of the molecule is CCNCc1cc(Br)ccc1N(C)Cc1cccc(C)n1. The average Bonchev–Trinajstić information content (AvgIpc) is 2.45. The lowest BCUT2D eigenvalue weighted by Gasteiger charge is -2.23. The molecule has 0 aliphatic heterocycles. The van der Waals surface area contributed by atoms with Gasteiger partial charge < -0.3 is 10.2 Å². The van der Waals surface area contributed by atoms with Crippen LogP contribution in [-0.2, 0) is 13.1 Å². The standard InChI is InChI=1S/C17H22BrN3/c1-4-19-11-14-10-15(18)8-9-17(14)21(3)12-16-7-5-6-13(2)20-16/h5-10,19H,4,11-12H2,1-3H3. The van der Waals surface area contributed by atoms with Gasteiger partial charge in [0.05, 0.1) is 12.2 Å². The number of anilines is 1. The maximum atomic E-state index is 4.58. The van der Waals surface area contributed by atoms with Crippen molar-refractivity contribution in [3.05, 3.63) is 57.8 Å². The van der Waals surface area contributed by atoms with E-state index in [-0.39, 0.29) is 0 Å². The highest BCUT2D eigenvalue weighted by Gasteiger charge is 2.09. The van der Waals surface area contributed by atoms with Crippen LogP contribution in [0.4, 0.5) is 5.69 Å². The first kappa shape index (κ1) is 16.0. The molecule has 1 N–H and O–H groups in total. The minimum atomic E-state index is 0.808.